The Morgan fingerprint density at radius 2 is 1.90 bits per heavy atom. The topological polar surface area (TPSA) is 66.8 Å². The number of ketones is 1. The standard InChI is InChI=1S/C25H26O4/c1-16(2)5-8-18-15-17(6-10-21(18)26)7-11-22(27)19-9-12-23-20(24(19)28)13-14-25(3,4)29-23/h5-7,9-15,26,28H,8H2,1-4H3/b11-7+. The zero-order chi connectivity index (χ0) is 21.2. The summed E-state index contributed by atoms with van der Waals surface area (Å²) in [5.41, 5.74) is 3.05. The first-order chi connectivity index (χ1) is 13.7. The van der Waals surface area contributed by atoms with Gasteiger partial charge in [0.05, 0.1) is 11.1 Å². The summed E-state index contributed by atoms with van der Waals surface area (Å²) < 4.78 is 5.82. The second-order valence-corrected chi connectivity index (χ2v) is 7.98. The van der Waals surface area contributed by atoms with E-state index in [1.54, 1.807) is 36.4 Å². The van der Waals surface area contributed by atoms with Crippen LogP contribution in [0.2, 0.25) is 0 Å². The lowest BCUT2D eigenvalue weighted by atomic mass is 9.98. The van der Waals surface area contributed by atoms with E-state index >= 15 is 0 Å². The zero-order valence-corrected chi connectivity index (χ0v) is 17.2. The van der Waals surface area contributed by atoms with Gasteiger partial charge in [0.1, 0.15) is 22.8 Å². The highest BCUT2D eigenvalue weighted by Crippen LogP contribution is 2.38. The maximum Gasteiger partial charge on any atom is 0.189 e. The molecule has 150 valence electrons. The molecule has 3 rings (SSSR count). The maximum absolute atomic E-state index is 12.6. The first kappa shape index (κ1) is 20.5. The highest BCUT2D eigenvalue weighted by Gasteiger charge is 2.25. The first-order valence-corrected chi connectivity index (χ1v) is 9.58. The maximum atomic E-state index is 12.6. The zero-order valence-electron chi connectivity index (χ0n) is 17.2. The fraction of sp³-hybridized carbons (Fsp3) is 0.240. The van der Waals surface area contributed by atoms with Crippen molar-refractivity contribution >= 4 is 17.9 Å². The van der Waals surface area contributed by atoms with Gasteiger partial charge < -0.3 is 14.9 Å². The summed E-state index contributed by atoms with van der Waals surface area (Å²) in [5.74, 6) is 0.396. The first-order valence-electron chi connectivity index (χ1n) is 9.58. The molecule has 0 bridgehead atoms. The van der Waals surface area contributed by atoms with Gasteiger partial charge in [0.15, 0.2) is 5.78 Å². The van der Waals surface area contributed by atoms with Crippen LogP contribution in [-0.2, 0) is 6.42 Å². The fourth-order valence-electron chi connectivity index (χ4n) is 3.09. The second-order valence-electron chi connectivity index (χ2n) is 7.98. The van der Waals surface area contributed by atoms with E-state index < -0.39 is 5.60 Å². The lowest BCUT2D eigenvalue weighted by molar-refractivity contribution is 0.104. The van der Waals surface area contributed by atoms with E-state index in [1.807, 2.05) is 45.9 Å². The van der Waals surface area contributed by atoms with Gasteiger partial charge in [-0.1, -0.05) is 23.8 Å². The molecule has 0 atom stereocenters. The molecule has 0 aromatic heterocycles. The third kappa shape index (κ3) is 4.77. The molecular weight excluding hydrogens is 364 g/mol. The van der Waals surface area contributed by atoms with Gasteiger partial charge in [0, 0.05) is 0 Å². The van der Waals surface area contributed by atoms with Crippen LogP contribution in [0, 0.1) is 0 Å². The number of hydrogen-bond donors (Lipinski definition) is 2. The normalized spacial score (nSPS) is 14.3. The number of carbonyl (C=O) groups is 1. The number of phenols is 2. The second kappa shape index (κ2) is 8.00. The minimum absolute atomic E-state index is 0.0844. The summed E-state index contributed by atoms with van der Waals surface area (Å²) in [5, 5.41) is 20.6. The number of ether oxygens (including phenoxy) is 1. The van der Waals surface area contributed by atoms with Crippen LogP contribution in [0.15, 0.2) is 54.1 Å². The molecule has 29 heavy (non-hydrogen) atoms. The van der Waals surface area contributed by atoms with E-state index in [1.165, 1.54) is 11.6 Å². The minimum Gasteiger partial charge on any atom is -0.508 e. The molecule has 2 N–H and O–H groups in total. The lowest BCUT2D eigenvalue weighted by Gasteiger charge is -2.28. The highest BCUT2D eigenvalue weighted by atomic mass is 16.5. The van der Waals surface area contributed by atoms with E-state index in [0.717, 1.165) is 11.1 Å². The molecule has 0 spiro atoms. The Morgan fingerprint density at radius 3 is 2.62 bits per heavy atom. The van der Waals surface area contributed by atoms with Crippen LogP contribution in [0.5, 0.6) is 17.2 Å². The van der Waals surface area contributed by atoms with Gasteiger partial charge in [-0.25, -0.2) is 0 Å². The van der Waals surface area contributed by atoms with Crippen LogP contribution >= 0.6 is 0 Å². The number of aromatic hydroxyl groups is 2. The molecule has 0 aliphatic carbocycles. The van der Waals surface area contributed by atoms with Gasteiger partial charge in [0.2, 0.25) is 0 Å². The van der Waals surface area contributed by atoms with E-state index in [2.05, 4.69) is 0 Å². The van der Waals surface area contributed by atoms with Crippen molar-refractivity contribution in [1.82, 2.24) is 0 Å². The van der Waals surface area contributed by atoms with Crippen LogP contribution in [0.3, 0.4) is 0 Å². The molecule has 0 fully saturated rings. The fourth-order valence-corrected chi connectivity index (χ4v) is 3.09. The third-order valence-corrected chi connectivity index (χ3v) is 4.73. The largest absolute Gasteiger partial charge is 0.508 e. The van der Waals surface area contributed by atoms with Crippen LogP contribution < -0.4 is 4.74 Å². The average Bonchev–Trinajstić information content (AvgIpc) is 2.65. The van der Waals surface area contributed by atoms with E-state index in [4.69, 9.17) is 4.74 Å². The predicted octanol–water partition coefficient (Wildman–Crippen LogP) is 5.69. The molecular formula is C25H26O4. The summed E-state index contributed by atoms with van der Waals surface area (Å²) in [7, 11) is 0. The van der Waals surface area contributed by atoms with Crippen molar-refractivity contribution in [2.75, 3.05) is 0 Å². The van der Waals surface area contributed by atoms with Gasteiger partial charge in [-0.2, -0.15) is 0 Å². The molecule has 0 unspecified atom stereocenters. The molecule has 1 aliphatic rings. The molecule has 4 heteroatoms. The molecule has 1 heterocycles. The van der Waals surface area contributed by atoms with E-state index in [9.17, 15) is 15.0 Å². The molecule has 0 radical (unpaired) electrons. The smallest absolute Gasteiger partial charge is 0.189 e. The van der Waals surface area contributed by atoms with Crippen LogP contribution in [0.25, 0.3) is 12.2 Å². The molecule has 2 aromatic carbocycles. The average molecular weight is 390 g/mol. The Balaban J connectivity index is 1.83. The quantitative estimate of drug-likeness (QED) is 0.391. The molecule has 0 amide bonds. The van der Waals surface area contributed by atoms with Crippen molar-refractivity contribution in [2.24, 2.45) is 0 Å². The number of carbonyl (C=O) groups excluding carboxylic acids is 1. The van der Waals surface area contributed by atoms with Crippen molar-refractivity contribution in [3.8, 4) is 17.2 Å². The number of rotatable bonds is 5. The van der Waals surface area contributed by atoms with Gasteiger partial charge in [-0.3, -0.25) is 4.79 Å². The van der Waals surface area contributed by atoms with Crippen LogP contribution in [0.1, 0.15) is 54.7 Å². The summed E-state index contributed by atoms with van der Waals surface area (Å²) in [6.45, 7) is 7.86. The van der Waals surface area contributed by atoms with Gasteiger partial charge in [-0.05, 0) is 87.7 Å². The number of phenolic OH excluding ortho intramolecular Hbond substituents is 2. The highest BCUT2D eigenvalue weighted by molar-refractivity contribution is 6.09. The molecule has 0 saturated heterocycles. The molecule has 0 saturated carbocycles. The SMILES string of the molecule is CC(C)=CCc1cc(/C=C/C(=O)c2ccc3c(c2O)C=CC(C)(C)O3)ccc1O. The van der Waals surface area contributed by atoms with Crippen LogP contribution in [0.4, 0.5) is 0 Å². The summed E-state index contributed by atoms with van der Waals surface area (Å²) in [6, 6.07) is 8.51. The van der Waals surface area contributed by atoms with Crippen molar-refractivity contribution in [3.63, 3.8) is 0 Å². The van der Waals surface area contributed by atoms with Crippen molar-refractivity contribution in [2.45, 2.75) is 39.7 Å². The minimum atomic E-state index is -0.451. The Morgan fingerprint density at radius 1 is 1.14 bits per heavy atom. The summed E-state index contributed by atoms with van der Waals surface area (Å²) in [6.07, 6.45) is 9.40. The Bertz CT molecular complexity index is 1040. The van der Waals surface area contributed by atoms with Gasteiger partial charge >= 0.3 is 0 Å². The van der Waals surface area contributed by atoms with E-state index in [-0.39, 0.29) is 22.8 Å². The summed E-state index contributed by atoms with van der Waals surface area (Å²) >= 11 is 0. The van der Waals surface area contributed by atoms with Gasteiger partial charge in [0.25, 0.3) is 0 Å². The number of hydrogen-bond acceptors (Lipinski definition) is 4. The van der Waals surface area contributed by atoms with Crippen molar-refractivity contribution in [3.05, 3.63) is 76.4 Å². The van der Waals surface area contributed by atoms with E-state index in [0.29, 0.717) is 17.7 Å². The molecule has 2 aromatic rings. The third-order valence-electron chi connectivity index (χ3n) is 4.73. The number of fused-ring (bicyclic) bond motifs is 1. The lowest BCUT2D eigenvalue weighted by Crippen LogP contribution is -2.27. The Labute approximate surface area is 171 Å². The van der Waals surface area contributed by atoms with Crippen LogP contribution in [-0.4, -0.2) is 21.6 Å². The number of allylic oxidation sites excluding steroid dienone is 3. The Kier molecular flexibility index (Phi) is 5.64. The van der Waals surface area contributed by atoms with Crippen molar-refractivity contribution in [1.29, 1.82) is 0 Å². The molecule has 1 aliphatic heterocycles. The van der Waals surface area contributed by atoms with Crippen molar-refractivity contribution < 1.29 is 19.7 Å². The predicted molar refractivity (Wildman–Crippen MR) is 116 cm³/mol. The monoisotopic (exact) mass is 390 g/mol. The number of benzene rings is 2. The van der Waals surface area contributed by atoms with Gasteiger partial charge in [-0.15, -0.1) is 0 Å². The summed E-state index contributed by atoms with van der Waals surface area (Å²) in [4.78, 5) is 12.6. The Hall–Kier alpha value is -3.27. The molecule has 4 nitrogen and oxygen atoms in total.